The van der Waals surface area contributed by atoms with Crippen molar-refractivity contribution in [2.24, 2.45) is 0 Å². The largest absolute Gasteiger partial charge is 0.438 e. The van der Waals surface area contributed by atoms with Crippen LogP contribution in [0.25, 0.3) is 0 Å². The van der Waals surface area contributed by atoms with E-state index in [9.17, 15) is 4.79 Å². The first-order valence-electron chi connectivity index (χ1n) is 5.80. The molecular weight excluding hydrogens is 234 g/mol. The maximum absolute atomic E-state index is 12.1. The molecule has 0 aromatic carbocycles. The summed E-state index contributed by atoms with van der Waals surface area (Å²) in [7, 11) is 0. The van der Waals surface area contributed by atoms with Gasteiger partial charge in [-0.2, -0.15) is 5.10 Å². The highest BCUT2D eigenvalue weighted by atomic mass is 16.3. The summed E-state index contributed by atoms with van der Waals surface area (Å²) < 4.78 is 5.09. The molecule has 3 rings (SSSR count). The summed E-state index contributed by atoms with van der Waals surface area (Å²) in [6, 6.07) is 0. The molecule has 2 aromatic heterocycles. The highest BCUT2D eigenvalue weighted by Crippen LogP contribution is 2.39. The zero-order valence-corrected chi connectivity index (χ0v) is 9.93. The molecule has 0 aliphatic heterocycles. The average Bonchev–Trinajstić information content (AvgIpc) is 2.93. The lowest BCUT2D eigenvalue weighted by Gasteiger charge is -2.40. The van der Waals surface area contributed by atoms with Crippen molar-refractivity contribution in [3.63, 3.8) is 0 Å². The molecule has 1 fully saturated rings. The van der Waals surface area contributed by atoms with E-state index in [-0.39, 0.29) is 11.7 Å². The molecule has 0 radical (unpaired) electrons. The van der Waals surface area contributed by atoms with Gasteiger partial charge >= 0.3 is 0 Å². The standard InChI is InChI=1S/C11H13N5O2/c1-7-8(18-6-13-7)9(17)15-11(3-2-4-11)10-12-5-14-16-10/h5-6H,2-4H2,1H3,(H,15,17)(H,12,14,16). The van der Waals surface area contributed by atoms with Crippen molar-refractivity contribution in [2.45, 2.75) is 31.7 Å². The molecule has 1 saturated carbocycles. The van der Waals surface area contributed by atoms with Crippen LogP contribution in [-0.2, 0) is 5.54 Å². The number of aromatic nitrogens is 4. The van der Waals surface area contributed by atoms with Crippen molar-refractivity contribution in [1.82, 2.24) is 25.5 Å². The fourth-order valence-electron chi connectivity index (χ4n) is 2.18. The van der Waals surface area contributed by atoms with Crippen molar-refractivity contribution < 1.29 is 9.21 Å². The second-order valence-corrected chi connectivity index (χ2v) is 4.49. The SMILES string of the molecule is Cc1ncoc1C(=O)NC1(c2ncn[nH]2)CCC1. The van der Waals surface area contributed by atoms with Gasteiger partial charge in [-0.05, 0) is 26.2 Å². The maximum atomic E-state index is 12.1. The molecule has 0 bridgehead atoms. The van der Waals surface area contributed by atoms with Crippen LogP contribution >= 0.6 is 0 Å². The second-order valence-electron chi connectivity index (χ2n) is 4.49. The van der Waals surface area contributed by atoms with E-state index in [1.807, 2.05) is 0 Å². The van der Waals surface area contributed by atoms with E-state index in [1.54, 1.807) is 6.92 Å². The smallest absolute Gasteiger partial charge is 0.289 e. The summed E-state index contributed by atoms with van der Waals surface area (Å²) in [4.78, 5) is 20.2. The van der Waals surface area contributed by atoms with Gasteiger partial charge in [-0.3, -0.25) is 9.89 Å². The normalized spacial score (nSPS) is 17.2. The fraction of sp³-hybridized carbons (Fsp3) is 0.455. The van der Waals surface area contributed by atoms with E-state index in [0.717, 1.165) is 19.3 Å². The molecule has 1 amide bonds. The van der Waals surface area contributed by atoms with Crippen molar-refractivity contribution in [3.05, 3.63) is 30.0 Å². The number of amides is 1. The van der Waals surface area contributed by atoms with Crippen LogP contribution in [0.3, 0.4) is 0 Å². The highest BCUT2D eigenvalue weighted by molar-refractivity contribution is 5.92. The van der Waals surface area contributed by atoms with Crippen molar-refractivity contribution in [2.75, 3.05) is 0 Å². The van der Waals surface area contributed by atoms with Crippen LogP contribution in [0.5, 0.6) is 0 Å². The van der Waals surface area contributed by atoms with E-state index in [2.05, 4.69) is 25.5 Å². The number of H-pyrrole nitrogens is 1. The van der Waals surface area contributed by atoms with E-state index in [0.29, 0.717) is 11.5 Å². The molecule has 0 atom stereocenters. The molecule has 7 heteroatoms. The molecule has 0 spiro atoms. The Morgan fingerprint density at radius 1 is 1.50 bits per heavy atom. The average molecular weight is 247 g/mol. The number of carbonyl (C=O) groups excluding carboxylic acids is 1. The zero-order chi connectivity index (χ0) is 12.6. The second kappa shape index (κ2) is 3.94. The Labute approximate surface area is 103 Å². The van der Waals surface area contributed by atoms with Gasteiger partial charge in [0.05, 0.1) is 11.2 Å². The summed E-state index contributed by atoms with van der Waals surface area (Å²) in [5, 5.41) is 9.63. The van der Waals surface area contributed by atoms with Crippen molar-refractivity contribution >= 4 is 5.91 Å². The van der Waals surface area contributed by atoms with Gasteiger partial charge in [-0.15, -0.1) is 0 Å². The predicted molar refractivity (Wildman–Crippen MR) is 60.6 cm³/mol. The molecule has 2 heterocycles. The summed E-state index contributed by atoms with van der Waals surface area (Å²) >= 11 is 0. The first kappa shape index (κ1) is 10.9. The van der Waals surface area contributed by atoms with Crippen LogP contribution in [0, 0.1) is 6.92 Å². The van der Waals surface area contributed by atoms with Crippen LogP contribution in [0.2, 0.25) is 0 Å². The van der Waals surface area contributed by atoms with Gasteiger partial charge in [0, 0.05) is 0 Å². The lowest BCUT2D eigenvalue weighted by Crippen LogP contribution is -2.51. The number of nitrogens with one attached hydrogen (secondary N) is 2. The van der Waals surface area contributed by atoms with E-state index < -0.39 is 5.54 Å². The number of hydrogen-bond acceptors (Lipinski definition) is 5. The zero-order valence-electron chi connectivity index (χ0n) is 9.93. The van der Waals surface area contributed by atoms with E-state index >= 15 is 0 Å². The van der Waals surface area contributed by atoms with Gasteiger partial charge in [0.15, 0.2) is 6.39 Å². The van der Waals surface area contributed by atoms with Crippen LogP contribution in [0.1, 0.15) is 41.3 Å². The molecule has 2 aromatic rings. The van der Waals surface area contributed by atoms with Gasteiger partial charge in [0.1, 0.15) is 12.2 Å². The summed E-state index contributed by atoms with van der Waals surface area (Å²) in [5.74, 6) is 0.682. The Morgan fingerprint density at radius 2 is 2.33 bits per heavy atom. The van der Waals surface area contributed by atoms with Crippen LogP contribution in [0.15, 0.2) is 17.1 Å². The molecule has 0 saturated heterocycles. The van der Waals surface area contributed by atoms with Crippen molar-refractivity contribution in [3.8, 4) is 0 Å². The molecule has 18 heavy (non-hydrogen) atoms. The number of carbonyl (C=O) groups is 1. The van der Waals surface area contributed by atoms with Gasteiger partial charge in [-0.25, -0.2) is 9.97 Å². The number of aromatic amines is 1. The highest BCUT2D eigenvalue weighted by Gasteiger charge is 2.43. The Morgan fingerprint density at radius 3 is 2.83 bits per heavy atom. The van der Waals surface area contributed by atoms with Crippen LogP contribution in [0.4, 0.5) is 0 Å². The third-order valence-corrected chi connectivity index (χ3v) is 3.38. The fourth-order valence-corrected chi connectivity index (χ4v) is 2.18. The molecular formula is C11H13N5O2. The lowest BCUT2D eigenvalue weighted by molar-refractivity contribution is 0.0780. The maximum Gasteiger partial charge on any atom is 0.289 e. The molecule has 1 aliphatic rings. The first-order chi connectivity index (χ1) is 8.71. The third-order valence-electron chi connectivity index (χ3n) is 3.38. The van der Waals surface area contributed by atoms with Crippen LogP contribution in [-0.4, -0.2) is 26.1 Å². The number of rotatable bonds is 3. The number of aryl methyl sites for hydroxylation is 1. The molecule has 94 valence electrons. The first-order valence-corrected chi connectivity index (χ1v) is 5.80. The summed E-state index contributed by atoms with van der Waals surface area (Å²) in [6.07, 6.45) is 5.46. The third kappa shape index (κ3) is 1.59. The Kier molecular flexibility index (Phi) is 2.39. The minimum absolute atomic E-state index is 0.251. The summed E-state index contributed by atoms with van der Waals surface area (Å²) in [6.45, 7) is 1.74. The monoisotopic (exact) mass is 247 g/mol. The van der Waals surface area contributed by atoms with Crippen molar-refractivity contribution in [1.29, 1.82) is 0 Å². The van der Waals surface area contributed by atoms with Crippen LogP contribution < -0.4 is 5.32 Å². The van der Waals surface area contributed by atoms with E-state index in [4.69, 9.17) is 4.42 Å². The number of nitrogens with zero attached hydrogens (tertiary/aromatic N) is 3. The van der Waals surface area contributed by atoms with Gasteiger partial charge in [0.2, 0.25) is 5.76 Å². The minimum atomic E-state index is -0.438. The molecule has 2 N–H and O–H groups in total. The lowest BCUT2D eigenvalue weighted by atomic mass is 9.76. The molecule has 0 unspecified atom stereocenters. The Hall–Kier alpha value is -2.18. The number of oxazole rings is 1. The molecule has 1 aliphatic carbocycles. The van der Waals surface area contributed by atoms with E-state index in [1.165, 1.54) is 12.7 Å². The van der Waals surface area contributed by atoms with Gasteiger partial charge in [-0.1, -0.05) is 0 Å². The quantitative estimate of drug-likeness (QED) is 0.840. The molecule has 7 nitrogen and oxygen atoms in total. The Balaban J connectivity index is 1.83. The predicted octanol–water partition coefficient (Wildman–Crippen LogP) is 0.910. The summed E-state index contributed by atoms with van der Waals surface area (Å²) in [5.41, 5.74) is 0.145. The Bertz CT molecular complexity index is 556. The minimum Gasteiger partial charge on any atom is -0.438 e. The van der Waals surface area contributed by atoms with Gasteiger partial charge in [0.25, 0.3) is 5.91 Å². The number of hydrogen-bond donors (Lipinski definition) is 2. The van der Waals surface area contributed by atoms with Gasteiger partial charge < -0.3 is 9.73 Å². The topological polar surface area (TPSA) is 96.7 Å².